The second-order valence-electron chi connectivity index (χ2n) is 7.27. The van der Waals surface area contributed by atoms with Crippen molar-refractivity contribution in [2.24, 2.45) is 11.8 Å². The lowest BCUT2D eigenvalue weighted by atomic mass is 9.87. The molecular weight excluding hydrogens is 342 g/mol. The Hall–Kier alpha value is -2.82. The average molecular weight is 367 g/mol. The summed E-state index contributed by atoms with van der Waals surface area (Å²) in [6, 6.07) is 15.3. The van der Waals surface area contributed by atoms with E-state index in [4.69, 9.17) is 4.74 Å². The summed E-state index contributed by atoms with van der Waals surface area (Å²) >= 11 is 0. The van der Waals surface area contributed by atoms with Gasteiger partial charge in [-0.05, 0) is 43.0 Å². The van der Waals surface area contributed by atoms with E-state index in [9.17, 15) is 14.7 Å². The number of aryl methyl sites for hydroxylation is 1. The fourth-order valence-electron chi connectivity index (χ4n) is 3.57. The number of carboxylic acids is 1. The van der Waals surface area contributed by atoms with Crippen LogP contribution in [0, 0.1) is 18.8 Å². The summed E-state index contributed by atoms with van der Waals surface area (Å²) in [5.41, 5.74) is 2.83. The van der Waals surface area contributed by atoms with Crippen molar-refractivity contribution in [3.05, 3.63) is 65.2 Å². The topological polar surface area (TPSA) is 66.8 Å². The van der Waals surface area contributed by atoms with Crippen LogP contribution in [0.4, 0.5) is 0 Å². The minimum Gasteiger partial charge on any atom is -0.489 e. The van der Waals surface area contributed by atoms with Gasteiger partial charge in [-0.3, -0.25) is 9.59 Å². The normalized spacial score (nSPS) is 19.6. The molecule has 0 spiro atoms. The van der Waals surface area contributed by atoms with Gasteiger partial charge in [-0.15, -0.1) is 0 Å². The Morgan fingerprint density at radius 1 is 1.19 bits per heavy atom. The van der Waals surface area contributed by atoms with E-state index in [1.54, 1.807) is 17.0 Å². The van der Waals surface area contributed by atoms with Crippen LogP contribution in [0.15, 0.2) is 48.5 Å². The molecule has 1 heterocycles. The van der Waals surface area contributed by atoms with E-state index in [2.05, 4.69) is 6.07 Å². The van der Waals surface area contributed by atoms with Gasteiger partial charge >= 0.3 is 5.97 Å². The zero-order chi connectivity index (χ0) is 19.4. The Balaban J connectivity index is 1.64. The monoisotopic (exact) mass is 367 g/mol. The number of amides is 1. The molecule has 1 amide bonds. The molecule has 2 aromatic rings. The van der Waals surface area contributed by atoms with Gasteiger partial charge in [0, 0.05) is 18.7 Å². The van der Waals surface area contributed by atoms with E-state index in [0.717, 1.165) is 5.56 Å². The number of piperidine rings is 1. The predicted molar refractivity (Wildman–Crippen MR) is 103 cm³/mol. The molecule has 0 aromatic heterocycles. The van der Waals surface area contributed by atoms with E-state index >= 15 is 0 Å². The van der Waals surface area contributed by atoms with Crippen molar-refractivity contribution in [3.63, 3.8) is 0 Å². The molecule has 1 fully saturated rings. The molecule has 1 aliphatic rings. The molecule has 1 N–H and O–H groups in total. The van der Waals surface area contributed by atoms with Crippen molar-refractivity contribution in [3.8, 4) is 5.75 Å². The Kier molecular flexibility index (Phi) is 5.79. The number of carboxylic acid groups (broad SMARTS) is 1. The Morgan fingerprint density at radius 3 is 2.67 bits per heavy atom. The standard InChI is InChI=1S/C22H25NO4/c1-15-5-3-6-17(11-15)14-27-19-8-4-7-18(12-19)21(24)23-10-9-20(22(25)26)16(2)13-23/h3-8,11-12,16,20H,9-10,13-14H2,1-2H3,(H,25,26). The second kappa shape index (κ2) is 8.25. The first-order valence-electron chi connectivity index (χ1n) is 9.24. The molecule has 27 heavy (non-hydrogen) atoms. The summed E-state index contributed by atoms with van der Waals surface area (Å²) in [4.78, 5) is 25.8. The molecule has 0 bridgehead atoms. The van der Waals surface area contributed by atoms with Crippen molar-refractivity contribution in [2.75, 3.05) is 13.1 Å². The first-order valence-corrected chi connectivity index (χ1v) is 9.24. The van der Waals surface area contributed by atoms with Crippen LogP contribution in [-0.2, 0) is 11.4 Å². The lowest BCUT2D eigenvalue weighted by Crippen LogP contribution is -2.45. The third-order valence-electron chi connectivity index (χ3n) is 5.08. The lowest BCUT2D eigenvalue weighted by molar-refractivity contribution is -0.145. The fraction of sp³-hybridized carbons (Fsp3) is 0.364. The van der Waals surface area contributed by atoms with E-state index < -0.39 is 5.97 Å². The first-order chi connectivity index (χ1) is 12.9. The SMILES string of the molecule is Cc1cccc(COc2cccc(C(=O)N3CCC(C(=O)O)C(C)C3)c2)c1. The Bertz CT molecular complexity index is 833. The molecule has 1 saturated heterocycles. The number of carbonyl (C=O) groups is 2. The number of rotatable bonds is 5. The average Bonchev–Trinajstić information content (AvgIpc) is 2.65. The van der Waals surface area contributed by atoms with Gasteiger partial charge in [0.1, 0.15) is 12.4 Å². The third kappa shape index (κ3) is 4.67. The summed E-state index contributed by atoms with van der Waals surface area (Å²) < 4.78 is 5.85. The predicted octanol–water partition coefficient (Wildman–Crippen LogP) is 3.76. The molecule has 5 heteroatoms. The van der Waals surface area contributed by atoms with Gasteiger partial charge in [-0.1, -0.05) is 42.8 Å². The van der Waals surface area contributed by atoms with E-state index in [1.165, 1.54) is 5.56 Å². The van der Waals surface area contributed by atoms with Gasteiger partial charge in [0.2, 0.25) is 0 Å². The van der Waals surface area contributed by atoms with Gasteiger partial charge in [-0.25, -0.2) is 0 Å². The number of hydrogen-bond acceptors (Lipinski definition) is 3. The number of nitrogens with zero attached hydrogens (tertiary/aromatic N) is 1. The molecule has 0 aliphatic carbocycles. The van der Waals surface area contributed by atoms with Gasteiger partial charge in [0.15, 0.2) is 0 Å². The maximum atomic E-state index is 12.8. The van der Waals surface area contributed by atoms with Gasteiger partial charge in [0.05, 0.1) is 5.92 Å². The van der Waals surface area contributed by atoms with E-state index in [-0.39, 0.29) is 17.7 Å². The maximum Gasteiger partial charge on any atom is 0.306 e. The van der Waals surface area contributed by atoms with Crippen LogP contribution in [0.5, 0.6) is 5.75 Å². The molecule has 2 unspecified atom stereocenters. The van der Waals surface area contributed by atoms with Crippen LogP contribution in [0.25, 0.3) is 0 Å². The smallest absolute Gasteiger partial charge is 0.306 e. The fourth-order valence-corrected chi connectivity index (χ4v) is 3.57. The third-order valence-corrected chi connectivity index (χ3v) is 5.08. The van der Waals surface area contributed by atoms with Crippen molar-refractivity contribution in [2.45, 2.75) is 26.9 Å². The number of carbonyl (C=O) groups excluding carboxylic acids is 1. The van der Waals surface area contributed by atoms with Gasteiger partial charge in [0.25, 0.3) is 5.91 Å². The van der Waals surface area contributed by atoms with Gasteiger partial charge in [-0.2, -0.15) is 0 Å². The summed E-state index contributed by atoms with van der Waals surface area (Å²) in [6.07, 6.45) is 0.492. The number of hydrogen-bond donors (Lipinski definition) is 1. The second-order valence-corrected chi connectivity index (χ2v) is 7.27. The summed E-state index contributed by atoms with van der Waals surface area (Å²) in [5.74, 6) is -0.636. The van der Waals surface area contributed by atoms with Crippen LogP contribution in [0.3, 0.4) is 0 Å². The van der Waals surface area contributed by atoms with Crippen molar-refractivity contribution >= 4 is 11.9 Å². The van der Waals surface area contributed by atoms with Crippen molar-refractivity contribution < 1.29 is 19.4 Å². The highest BCUT2D eigenvalue weighted by molar-refractivity contribution is 5.94. The Morgan fingerprint density at radius 2 is 1.96 bits per heavy atom. The van der Waals surface area contributed by atoms with Crippen LogP contribution in [0.1, 0.15) is 34.8 Å². The Labute approximate surface area is 159 Å². The van der Waals surface area contributed by atoms with Crippen LogP contribution in [-0.4, -0.2) is 35.0 Å². The zero-order valence-corrected chi connectivity index (χ0v) is 15.7. The van der Waals surface area contributed by atoms with Crippen molar-refractivity contribution in [1.82, 2.24) is 4.90 Å². The number of ether oxygens (including phenoxy) is 1. The number of aliphatic carboxylic acids is 1. The number of benzene rings is 2. The van der Waals surface area contributed by atoms with E-state index in [0.29, 0.717) is 37.4 Å². The summed E-state index contributed by atoms with van der Waals surface area (Å²) in [7, 11) is 0. The lowest BCUT2D eigenvalue weighted by Gasteiger charge is -2.35. The van der Waals surface area contributed by atoms with Crippen LogP contribution < -0.4 is 4.74 Å². The first kappa shape index (κ1) is 19.0. The molecule has 3 rings (SSSR count). The molecule has 142 valence electrons. The van der Waals surface area contributed by atoms with Crippen LogP contribution in [0.2, 0.25) is 0 Å². The molecular formula is C22H25NO4. The molecule has 2 atom stereocenters. The highest BCUT2D eigenvalue weighted by Crippen LogP contribution is 2.25. The quantitative estimate of drug-likeness (QED) is 0.874. The highest BCUT2D eigenvalue weighted by Gasteiger charge is 2.33. The molecule has 0 radical (unpaired) electrons. The van der Waals surface area contributed by atoms with Crippen molar-refractivity contribution in [1.29, 1.82) is 0 Å². The minimum atomic E-state index is -0.777. The summed E-state index contributed by atoms with van der Waals surface area (Å²) in [5, 5.41) is 9.24. The largest absolute Gasteiger partial charge is 0.489 e. The molecule has 5 nitrogen and oxygen atoms in total. The van der Waals surface area contributed by atoms with Crippen LogP contribution >= 0.6 is 0 Å². The zero-order valence-electron chi connectivity index (χ0n) is 15.7. The molecule has 0 saturated carbocycles. The minimum absolute atomic E-state index is 0.0547. The number of likely N-dealkylation sites (tertiary alicyclic amines) is 1. The summed E-state index contributed by atoms with van der Waals surface area (Å²) in [6.45, 7) is 5.30. The molecule has 2 aromatic carbocycles. The highest BCUT2D eigenvalue weighted by atomic mass is 16.5. The molecule has 1 aliphatic heterocycles. The van der Waals surface area contributed by atoms with E-state index in [1.807, 2.05) is 44.2 Å². The maximum absolute atomic E-state index is 12.8. The van der Waals surface area contributed by atoms with Gasteiger partial charge < -0.3 is 14.7 Å².